The van der Waals surface area contributed by atoms with Crippen LogP contribution in [-0.4, -0.2) is 87.1 Å². The lowest BCUT2D eigenvalue weighted by atomic mass is 9.71. The number of hydrogen-bond acceptors (Lipinski definition) is 9. The first kappa shape index (κ1) is 32.5. The predicted octanol–water partition coefficient (Wildman–Crippen LogP) is 3.50. The number of hydrogen-bond donors (Lipinski definition) is 4. The van der Waals surface area contributed by atoms with E-state index >= 15 is 0 Å². The quantitative estimate of drug-likeness (QED) is 0.277. The molecule has 4 heterocycles. The van der Waals surface area contributed by atoms with Crippen molar-refractivity contribution in [1.29, 1.82) is 0 Å². The molecular weight excluding hydrogens is 552 g/mol. The number of fused-ring (bicyclic) bond motifs is 2. The van der Waals surface area contributed by atoms with E-state index in [4.69, 9.17) is 18.9 Å². The van der Waals surface area contributed by atoms with E-state index in [1.807, 2.05) is 32.9 Å². The maximum absolute atomic E-state index is 14.0. The Morgan fingerprint density at radius 2 is 1.79 bits per heavy atom. The van der Waals surface area contributed by atoms with E-state index in [1.165, 1.54) is 0 Å². The summed E-state index contributed by atoms with van der Waals surface area (Å²) in [6.45, 7) is 11.8. The Balaban J connectivity index is 1.54. The highest BCUT2D eigenvalue weighted by Crippen LogP contribution is 2.48. The smallest absolute Gasteiger partial charge is 0.316 e. The molecule has 0 saturated carbocycles. The molecule has 43 heavy (non-hydrogen) atoms. The number of allylic oxidation sites excluding steroid dienone is 2. The number of aliphatic hydroxyl groups excluding tert-OH is 3. The van der Waals surface area contributed by atoms with Gasteiger partial charge in [-0.2, -0.15) is 0 Å². The maximum atomic E-state index is 14.0. The van der Waals surface area contributed by atoms with Crippen LogP contribution in [0.3, 0.4) is 0 Å². The number of carbonyl (C=O) groups excluding carboxylic acids is 1. The Labute approximate surface area is 255 Å². The summed E-state index contributed by atoms with van der Waals surface area (Å²) in [5.74, 6) is -2.97. The van der Waals surface area contributed by atoms with Gasteiger partial charge in [0.15, 0.2) is 5.79 Å². The SMILES string of the molecule is CCC(C)[C@H]1O[C@@]2(C[C@@H]3C[C@@H](C/C=C(\C)[C@@H](O)[C@@H](C)/C=C/C=C4\CO[C@@H]5[C@H](O)C(C)=CC(C(=O)O3)[C@]45O)O2)C[C@H](O)[C@@H]1C. The monoisotopic (exact) mass is 602 g/mol. The topological polar surface area (TPSA) is 135 Å². The average Bonchev–Trinajstić information content (AvgIpc) is 3.30. The largest absolute Gasteiger partial charge is 0.462 e. The fraction of sp³-hybridized carbons (Fsp3) is 0.735. The minimum atomic E-state index is -1.80. The fourth-order valence-electron chi connectivity index (χ4n) is 7.57. The molecule has 1 aliphatic carbocycles. The predicted molar refractivity (Wildman–Crippen MR) is 160 cm³/mol. The summed E-state index contributed by atoms with van der Waals surface area (Å²) in [6.07, 6.45) is 6.40. The first-order valence-corrected chi connectivity index (χ1v) is 16.0. The zero-order chi connectivity index (χ0) is 31.3. The number of ether oxygens (including phenoxy) is 4. The lowest BCUT2D eigenvalue weighted by molar-refractivity contribution is -0.354. The molecule has 9 heteroatoms. The summed E-state index contributed by atoms with van der Waals surface area (Å²) in [6, 6.07) is 0. The van der Waals surface area contributed by atoms with Crippen molar-refractivity contribution in [2.24, 2.45) is 23.7 Å². The van der Waals surface area contributed by atoms with E-state index in [9.17, 15) is 25.2 Å². The van der Waals surface area contributed by atoms with E-state index in [2.05, 4.69) is 13.8 Å². The van der Waals surface area contributed by atoms with Crippen LogP contribution in [0.1, 0.15) is 73.6 Å². The van der Waals surface area contributed by atoms with Gasteiger partial charge in [0.1, 0.15) is 29.8 Å². The van der Waals surface area contributed by atoms with Crippen molar-refractivity contribution < 1.29 is 44.2 Å². The maximum Gasteiger partial charge on any atom is 0.316 e. The van der Waals surface area contributed by atoms with Crippen molar-refractivity contribution in [3.8, 4) is 0 Å². The summed E-state index contributed by atoms with van der Waals surface area (Å²) < 4.78 is 25.4. The molecule has 0 aromatic heterocycles. The van der Waals surface area contributed by atoms with E-state index in [-0.39, 0.29) is 43.3 Å². The summed E-state index contributed by atoms with van der Waals surface area (Å²) in [5, 5.41) is 45.2. The zero-order valence-corrected chi connectivity index (χ0v) is 26.3. The number of rotatable bonds is 2. The van der Waals surface area contributed by atoms with E-state index in [1.54, 1.807) is 25.2 Å². The highest BCUT2D eigenvalue weighted by molar-refractivity contribution is 5.78. The van der Waals surface area contributed by atoms with Crippen LogP contribution >= 0.6 is 0 Å². The van der Waals surface area contributed by atoms with Gasteiger partial charge in [-0.1, -0.05) is 64.5 Å². The fourth-order valence-corrected chi connectivity index (χ4v) is 7.57. The van der Waals surface area contributed by atoms with Gasteiger partial charge >= 0.3 is 5.97 Å². The molecule has 2 unspecified atom stereocenters. The van der Waals surface area contributed by atoms with Crippen LogP contribution in [0.4, 0.5) is 0 Å². The third-order valence-electron chi connectivity index (χ3n) is 10.6. The van der Waals surface area contributed by atoms with Crippen LogP contribution in [0.15, 0.2) is 47.1 Å². The summed E-state index contributed by atoms with van der Waals surface area (Å²) in [5.41, 5.74) is -0.00894. The first-order chi connectivity index (χ1) is 20.3. The molecule has 1 spiro atoms. The second-order valence-electron chi connectivity index (χ2n) is 13.7. The highest BCUT2D eigenvalue weighted by atomic mass is 16.7. The van der Waals surface area contributed by atoms with Crippen LogP contribution in [0.25, 0.3) is 0 Å². The molecule has 2 bridgehead atoms. The molecule has 3 saturated heterocycles. The molecule has 4 aliphatic heterocycles. The minimum Gasteiger partial charge on any atom is -0.462 e. The van der Waals surface area contributed by atoms with Gasteiger partial charge in [-0.15, -0.1) is 0 Å². The van der Waals surface area contributed by atoms with Crippen LogP contribution < -0.4 is 0 Å². The summed E-state index contributed by atoms with van der Waals surface area (Å²) in [4.78, 5) is 14.0. The number of aliphatic hydroxyl groups is 4. The Morgan fingerprint density at radius 3 is 2.51 bits per heavy atom. The molecule has 0 amide bonds. The van der Waals surface area contributed by atoms with E-state index in [0.29, 0.717) is 24.0 Å². The standard InChI is InChI=1S/C34H50O9/c1-7-18(2)30-22(6)27(35)16-33(43-30)15-25-14-24(42-33)12-11-20(4)28(36)19(3)9-8-10-23-17-40-31-29(37)21(5)13-26(32(38)41-25)34(23,31)39/h8-11,13,18-19,22,24-31,35-37,39H,7,12,14-17H2,1-6H3/b9-8+,20-11+,23-10+/t18?,19-,22-,24+,25-,26?,27-,28-,29+,30+,31+,33-,34+/m0/s1. The van der Waals surface area contributed by atoms with Gasteiger partial charge in [0, 0.05) is 31.1 Å². The Morgan fingerprint density at radius 1 is 1.05 bits per heavy atom. The van der Waals surface area contributed by atoms with Gasteiger partial charge in [-0.3, -0.25) is 4.79 Å². The van der Waals surface area contributed by atoms with Crippen molar-refractivity contribution in [3.63, 3.8) is 0 Å². The van der Waals surface area contributed by atoms with E-state index in [0.717, 1.165) is 12.0 Å². The zero-order valence-electron chi connectivity index (χ0n) is 26.3. The Kier molecular flexibility index (Phi) is 9.46. The third-order valence-corrected chi connectivity index (χ3v) is 10.6. The lowest BCUT2D eigenvalue weighted by Crippen LogP contribution is -2.60. The van der Waals surface area contributed by atoms with Crippen molar-refractivity contribution in [2.45, 2.75) is 128 Å². The molecule has 240 valence electrons. The molecule has 3 fully saturated rings. The minimum absolute atomic E-state index is 0.0483. The van der Waals surface area contributed by atoms with Crippen molar-refractivity contribution in [1.82, 2.24) is 0 Å². The molecule has 0 radical (unpaired) electrons. The van der Waals surface area contributed by atoms with Gasteiger partial charge in [-0.05, 0) is 42.9 Å². The molecule has 5 rings (SSSR count). The van der Waals surface area contributed by atoms with Crippen LogP contribution in [-0.2, 0) is 23.7 Å². The molecule has 0 aromatic carbocycles. The number of carbonyl (C=O) groups is 1. The summed E-state index contributed by atoms with van der Waals surface area (Å²) in [7, 11) is 0. The van der Waals surface area contributed by atoms with Crippen molar-refractivity contribution in [2.75, 3.05) is 6.61 Å². The van der Waals surface area contributed by atoms with Gasteiger partial charge in [0.25, 0.3) is 0 Å². The van der Waals surface area contributed by atoms with Gasteiger partial charge in [0.05, 0.1) is 31.0 Å². The second-order valence-corrected chi connectivity index (χ2v) is 13.7. The van der Waals surface area contributed by atoms with Gasteiger partial charge in [-0.25, -0.2) is 0 Å². The molecule has 5 aliphatic rings. The lowest BCUT2D eigenvalue weighted by Gasteiger charge is -2.52. The third kappa shape index (κ3) is 6.07. The van der Waals surface area contributed by atoms with E-state index < -0.39 is 59.9 Å². The van der Waals surface area contributed by atoms with Crippen LogP contribution in [0, 0.1) is 23.7 Å². The molecule has 13 atom stereocenters. The molecular formula is C34H50O9. The van der Waals surface area contributed by atoms with Crippen molar-refractivity contribution >= 4 is 5.97 Å². The average molecular weight is 603 g/mol. The first-order valence-electron chi connectivity index (χ1n) is 16.0. The normalized spacial score (nSPS) is 49.5. The highest BCUT2D eigenvalue weighted by Gasteiger charge is 2.60. The van der Waals surface area contributed by atoms with Crippen LogP contribution in [0.2, 0.25) is 0 Å². The second kappa shape index (κ2) is 12.5. The van der Waals surface area contributed by atoms with Gasteiger partial charge < -0.3 is 39.4 Å². The Bertz CT molecular complexity index is 1170. The van der Waals surface area contributed by atoms with Gasteiger partial charge in [0.2, 0.25) is 0 Å². The molecule has 0 aromatic rings. The summed E-state index contributed by atoms with van der Waals surface area (Å²) >= 11 is 0. The number of esters is 1. The van der Waals surface area contributed by atoms with Crippen LogP contribution in [0.5, 0.6) is 0 Å². The molecule has 9 nitrogen and oxygen atoms in total. The Hall–Kier alpha value is -1.85. The van der Waals surface area contributed by atoms with Crippen molar-refractivity contribution in [3.05, 3.63) is 47.1 Å². The molecule has 4 N–H and O–H groups in total.